The van der Waals surface area contributed by atoms with Gasteiger partial charge in [0.15, 0.2) is 6.61 Å². The van der Waals surface area contributed by atoms with Crippen LogP contribution in [-0.2, 0) is 23.8 Å². The molecule has 172 valence electrons. The largest absolute Gasteiger partial charge is 0.462 e. The molecule has 0 N–H and O–H groups in total. The molecule has 0 radical (unpaired) electrons. The minimum absolute atomic E-state index is 0.108. The number of alkyl halides is 8. The van der Waals surface area contributed by atoms with Crippen molar-refractivity contribution in [1.82, 2.24) is 0 Å². The number of methoxy groups -OCH3 is 1. The molecule has 0 aliphatic heterocycles. The molecule has 0 saturated heterocycles. The summed E-state index contributed by atoms with van der Waals surface area (Å²) in [6.07, 6.45) is -6.62. The van der Waals surface area contributed by atoms with Crippen molar-refractivity contribution in [3.63, 3.8) is 0 Å². The van der Waals surface area contributed by atoms with Gasteiger partial charge in [0.1, 0.15) is 6.10 Å². The van der Waals surface area contributed by atoms with E-state index in [2.05, 4.69) is 4.74 Å². The number of carbonyl (C=O) groups excluding carboxylic acids is 2. The second kappa shape index (κ2) is 10.9. The Bertz CT molecular complexity index is 541. The summed E-state index contributed by atoms with van der Waals surface area (Å²) in [5.41, 5.74) is 0. The molecule has 0 bridgehead atoms. The summed E-state index contributed by atoms with van der Waals surface area (Å²) in [4.78, 5) is 22.9. The lowest BCUT2D eigenvalue weighted by molar-refractivity contribution is -0.344. The van der Waals surface area contributed by atoms with Crippen LogP contribution in [0, 0.1) is 5.92 Å². The summed E-state index contributed by atoms with van der Waals surface area (Å²) in [6.45, 7) is 1.14. The third-order valence-electron chi connectivity index (χ3n) is 4.00. The quantitative estimate of drug-likeness (QED) is 0.315. The molecule has 29 heavy (non-hydrogen) atoms. The van der Waals surface area contributed by atoms with Gasteiger partial charge in [-0.1, -0.05) is 6.92 Å². The Morgan fingerprint density at radius 1 is 0.931 bits per heavy atom. The maximum atomic E-state index is 13.2. The van der Waals surface area contributed by atoms with Crippen LogP contribution in [0.1, 0.15) is 33.1 Å². The van der Waals surface area contributed by atoms with E-state index in [0.29, 0.717) is 13.0 Å². The number of ether oxygens (including phenoxy) is 3. The number of halogens is 8. The number of esters is 2. The van der Waals surface area contributed by atoms with Crippen molar-refractivity contribution < 1.29 is 58.9 Å². The van der Waals surface area contributed by atoms with Crippen molar-refractivity contribution in [2.24, 2.45) is 5.92 Å². The summed E-state index contributed by atoms with van der Waals surface area (Å²) in [5.74, 6) is -21.2. The fourth-order valence-corrected chi connectivity index (χ4v) is 1.84. The van der Waals surface area contributed by atoms with Crippen molar-refractivity contribution in [1.29, 1.82) is 0 Å². The summed E-state index contributed by atoms with van der Waals surface area (Å²) < 4.78 is 115. The van der Waals surface area contributed by atoms with E-state index in [4.69, 9.17) is 9.47 Å². The highest BCUT2D eigenvalue weighted by Crippen LogP contribution is 2.48. The second-order valence-electron chi connectivity index (χ2n) is 6.32. The zero-order valence-electron chi connectivity index (χ0n) is 15.8. The zero-order chi connectivity index (χ0) is 23.0. The molecule has 2 unspecified atom stereocenters. The molecule has 5 nitrogen and oxygen atoms in total. The molecular formula is C16H22F8O5. The predicted molar refractivity (Wildman–Crippen MR) is 82.2 cm³/mol. The van der Waals surface area contributed by atoms with E-state index >= 15 is 0 Å². The van der Waals surface area contributed by atoms with Crippen LogP contribution in [0.25, 0.3) is 0 Å². The number of hydrogen-bond donors (Lipinski definition) is 0. The molecule has 2 atom stereocenters. The molecular weight excluding hydrogens is 424 g/mol. The van der Waals surface area contributed by atoms with Crippen molar-refractivity contribution in [3.8, 4) is 0 Å². The minimum Gasteiger partial charge on any atom is -0.462 e. The Balaban J connectivity index is 4.57. The van der Waals surface area contributed by atoms with E-state index in [-0.39, 0.29) is 5.92 Å². The lowest BCUT2D eigenvalue weighted by atomic mass is 10.0. The van der Waals surface area contributed by atoms with Gasteiger partial charge in [0.2, 0.25) is 0 Å². The zero-order valence-corrected chi connectivity index (χ0v) is 15.8. The molecule has 0 saturated carbocycles. The third-order valence-corrected chi connectivity index (χ3v) is 4.00. The number of rotatable bonds is 13. The Labute approximate surface area is 161 Å². The molecule has 13 heteroatoms. The van der Waals surface area contributed by atoms with Gasteiger partial charge in [-0.3, -0.25) is 9.59 Å². The molecule has 0 aliphatic carbocycles. The molecule has 0 spiro atoms. The van der Waals surface area contributed by atoms with E-state index < -0.39 is 61.7 Å². The van der Waals surface area contributed by atoms with E-state index in [1.807, 2.05) is 0 Å². The third kappa shape index (κ3) is 7.59. The normalized spacial score (nSPS) is 15.2. The maximum absolute atomic E-state index is 13.2. The maximum Gasteiger partial charge on any atom is 0.381 e. The first-order valence-electron chi connectivity index (χ1n) is 8.35. The highest BCUT2D eigenvalue weighted by atomic mass is 19.4. The average molecular weight is 446 g/mol. The SMILES string of the molecule is COCCC(C)C(C)OC(=O)CCC(=O)OCC(F)(F)C(F)(F)C(F)(F)C(F)F. The van der Waals surface area contributed by atoms with E-state index in [9.17, 15) is 44.7 Å². The van der Waals surface area contributed by atoms with Crippen molar-refractivity contribution in [2.75, 3.05) is 20.3 Å². The van der Waals surface area contributed by atoms with Gasteiger partial charge in [-0.25, -0.2) is 8.78 Å². The van der Waals surface area contributed by atoms with Gasteiger partial charge in [-0.15, -0.1) is 0 Å². The molecule has 0 amide bonds. The van der Waals surface area contributed by atoms with E-state index in [0.717, 1.165) is 0 Å². The fourth-order valence-electron chi connectivity index (χ4n) is 1.84. The Morgan fingerprint density at radius 2 is 1.45 bits per heavy atom. The van der Waals surface area contributed by atoms with Crippen molar-refractivity contribution in [2.45, 2.75) is 63.4 Å². The molecule has 0 rings (SSSR count). The highest BCUT2D eigenvalue weighted by Gasteiger charge is 2.75. The lowest BCUT2D eigenvalue weighted by Gasteiger charge is -2.31. The van der Waals surface area contributed by atoms with Crippen LogP contribution in [0.5, 0.6) is 0 Å². The van der Waals surface area contributed by atoms with Gasteiger partial charge in [0.25, 0.3) is 0 Å². The number of carbonyl (C=O) groups is 2. The van der Waals surface area contributed by atoms with Crippen LogP contribution < -0.4 is 0 Å². The van der Waals surface area contributed by atoms with Gasteiger partial charge in [-0.05, 0) is 19.3 Å². The van der Waals surface area contributed by atoms with E-state index in [1.165, 1.54) is 7.11 Å². The summed E-state index contributed by atoms with van der Waals surface area (Å²) in [7, 11) is 1.48. The first-order valence-corrected chi connectivity index (χ1v) is 8.35. The van der Waals surface area contributed by atoms with Crippen LogP contribution in [0.4, 0.5) is 35.1 Å². The Morgan fingerprint density at radius 3 is 1.93 bits per heavy atom. The van der Waals surface area contributed by atoms with Gasteiger partial charge in [0, 0.05) is 13.7 Å². The summed E-state index contributed by atoms with van der Waals surface area (Å²) >= 11 is 0. The van der Waals surface area contributed by atoms with Crippen LogP contribution in [-0.4, -0.2) is 62.6 Å². The summed E-state index contributed by atoms with van der Waals surface area (Å²) in [6, 6.07) is 0. The van der Waals surface area contributed by atoms with Crippen LogP contribution in [0.2, 0.25) is 0 Å². The van der Waals surface area contributed by atoms with Gasteiger partial charge in [-0.2, -0.15) is 26.3 Å². The molecule has 0 aromatic carbocycles. The smallest absolute Gasteiger partial charge is 0.381 e. The highest BCUT2D eigenvalue weighted by molar-refractivity contribution is 5.77. The topological polar surface area (TPSA) is 61.8 Å². The molecule has 0 fully saturated rings. The molecule has 0 aliphatic rings. The Kier molecular flexibility index (Phi) is 10.3. The fraction of sp³-hybridized carbons (Fsp3) is 0.875. The standard InChI is InChI=1S/C16H22F8O5/c1-9(6-7-27-3)10(2)29-12(26)5-4-11(25)28-8-14(19,20)16(23,24)15(21,22)13(17)18/h9-10,13H,4-8H2,1-3H3. The first-order chi connectivity index (χ1) is 13.1. The molecule has 0 heterocycles. The van der Waals surface area contributed by atoms with Crippen LogP contribution >= 0.6 is 0 Å². The van der Waals surface area contributed by atoms with Crippen molar-refractivity contribution in [3.05, 3.63) is 0 Å². The van der Waals surface area contributed by atoms with Gasteiger partial charge >= 0.3 is 36.1 Å². The average Bonchev–Trinajstić information content (AvgIpc) is 2.62. The van der Waals surface area contributed by atoms with Gasteiger partial charge < -0.3 is 14.2 Å². The summed E-state index contributed by atoms with van der Waals surface area (Å²) in [5, 5.41) is 0. The monoisotopic (exact) mass is 446 g/mol. The van der Waals surface area contributed by atoms with Crippen LogP contribution in [0.15, 0.2) is 0 Å². The lowest BCUT2D eigenvalue weighted by Crippen LogP contribution is -2.59. The first kappa shape index (κ1) is 27.3. The van der Waals surface area contributed by atoms with Crippen LogP contribution in [0.3, 0.4) is 0 Å². The van der Waals surface area contributed by atoms with Crippen molar-refractivity contribution >= 4 is 11.9 Å². The Hall–Kier alpha value is -1.66. The van der Waals surface area contributed by atoms with E-state index in [1.54, 1.807) is 13.8 Å². The van der Waals surface area contributed by atoms with Gasteiger partial charge in [0.05, 0.1) is 12.8 Å². The second-order valence-corrected chi connectivity index (χ2v) is 6.32. The predicted octanol–water partition coefficient (Wildman–Crippen LogP) is 4.09. The minimum atomic E-state index is -6.47. The molecule has 0 aromatic heterocycles. The molecule has 0 aromatic rings. The number of hydrogen-bond acceptors (Lipinski definition) is 5.